The van der Waals surface area contributed by atoms with E-state index >= 15 is 0 Å². The maximum Gasteiger partial charge on any atom is 0.224 e. The Labute approximate surface area is 108 Å². The number of carbonyl (C=O) groups is 1. The van der Waals surface area contributed by atoms with Crippen LogP contribution in [0, 0.1) is 5.92 Å². The summed E-state index contributed by atoms with van der Waals surface area (Å²) in [6.07, 6.45) is 1.41. The monoisotopic (exact) mass is 247 g/mol. The molecule has 0 aromatic heterocycles. The van der Waals surface area contributed by atoms with E-state index in [0.717, 1.165) is 18.7 Å². The maximum atomic E-state index is 11.3. The Morgan fingerprint density at radius 2 is 2.22 bits per heavy atom. The van der Waals surface area contributed by atoms with Gasteiger partial charge in [-0.15, -0.1) is 0 Å². The van der Waals surface area contributed by atoms with Gasteiger partial charge in [-0.3, -0.25) is 4.79 Å². The Bertz CT molecular complexity index is 445. The van der Waals surface area contributed by atoms with Crippen LogP contribution in [0.3, 0.4) is 0 Å². The van der Waals surface area contributed by atoms with Crippen molar-refractivity contribution in [3.63, 3.8) is 0 Å². The van der Waals surface area contributed by atoms with Crippen LogP contribution < -0.4 is 16.0 Å². The lowest BCUT2D eigenvalue weighted by Gasteiger charge is -2.25. The molecule has 2 rings (SSSR count). The fraction of sp³-hybridized carbons (Fsp3) is 0.500. The molecule has 0 aliphatic carbocycles. The number of fused-ring (bicyclic) bond motifs is 1. The van der Waals surface area contributed by atoms with E-state index in [1.165, 1.54) is 11.3 Å². The molecule has 0 bridgehead atoms. The number of amides is 1. The van der Waals surface area contributed by atoms with Crippen LogP contribution >= 0.6 is 0 Å². The fourth-order valence-corrected chi connectivity index (χ4v) is 2.25. The van der Waals surface area contributed by atoms with Crippen molar-refractivity contribution >= 4 is 17.3 Å². The van der Waals surface area contributed by atoms with E-state index in [4.69, 9.17) is 5.73 Å². The molecule has 1 aromatic carbocycles. The van der Waals surface area contributed by atoms with Gasteiger partial charge in [0.15, 0.2) is 0 Å². The molecule has 1 atom stereocenters. The van der Waals surface area contributed by atoms with Gasteiger partial charge in [0.1, 0.15) is 0 Å². The highest BCUT2D eigenvalue weighted by atomic mass is 16.1. The standard InChI is InChI=1S/C14H21N3O/c1-10(8-15)9-17(2)12-4-5-13-11(7-12)3-6-14(18)16-13/h4-5,7,10H,3,6,8-9,15H2,1-2H3,(H,16,18). The molecule has 98 valence electrons. The van der Waals surface area contributed by atoms with Crippen molar-refractivity contribution in [1.82, 2.24) is 0 Å². The summed E-state index contributed by atoms with van der Waals surface area (Å²) in [5, 5.41) is 2.90. The molecule has 0 spiro atoms. The van der Waals surface area contributed by atoms with Crippen LogP contribution in [-0.4, -0.2) is 26.0 Å². The summed E-state index contributed by atoms with van der Waals surface area (Å²) in [6.45, 7) is 3.79. The number of hydrogen-bond acceptors (Lipinski definition) is 3. The molecule has 0 saturated carbocycles. The van der Waals surface area contributed by atoms with Crippen molar-refractivity contribution in [2.75, 3.05) is 30.4 Å². The number of anilines is 2. The van der Waals surface area contributed by atoms with Crippen molar-refractivity contribution in [2.24, 2.45) is 11.7 Å². The van der Waals surface area contributed by atoms with Crippen LogP contribution in [0.2, 0.25) is 0 Å². The summed E-state index contributed by atoms with van der Waals surface area (Å²) in [5.41, 5.74) is 9.01. The van der Waals surface area contributed by atoms with E-state index in [9.17, 15) is 4.79 Å². The highest BCUT2D eigenvalue weighted by molar-refractivity contribution is 5.94. The number of aryl methyl sites for hydroxylation is 1. The molecular formula is C14H21N3O. The van der Waals surface area contributed by atoms with Crippen molar-refractivity contribution in [2.45, 2.75) is 19.8 Å². The largest absolute Gasteiger partial charge is 0.374 e. The molecule has 0 radical (unpaired) electrons. The Balaban J connectivity index is 2.13. The van der Waals surface area contributed by atoms with Crippen molar-refractivity contribution in [1.29, 1.82) is 0 Å². The average Bonchev–Trinajstić information content (AvgIpc) is 2.37. The van der Waals surface area contributed by atoms with Crippen molar-refractivity contribution in [3.05, 3.63) is 23.8 Å². The molecular weight excluding hydrogens is 226 g/mol. The zero-order valence-electron chi connectivity index (χ0n) is 11.1. The zero-order chi connectivity index (χ0) is 13.1. The van der Waals surface area contributed by atoms with Gasteiger partial charge in [-0.1, -0.05) is 6.92 Å². The van der Waals surface area contributed by atoms with Gasteiger partial charge in [-0.05, 0) is 42.6 Å². The molecule has 3 N–H and O–H groups in total. The number of benzene rings is 1. The topological polar surface area (TPSA) is 58.4 Å². The quantitative estimate of drug-likeness (QED) is 0.849. The SMILES string of the molecule is CC(CN)CN(C)c1ccc2c(c1)CCC(=O)N2. The minimum absolute atomic E-state index is 0.111. The Hall–Kier alpha value is -1.55. The Kier molecular flexibility index (Phi) is 3.87. The number of nitrogens with two attached hydrogens (primary N) is 1. The molecule has 0 fully saturated rings. The first-order chi connectivity index (χ1) is 8.60. The molecule has 1 aliphatic heterocycles. The van der Waals surface area contributed by atoms with Gasteiger partial charge < -0.3 is 16.0 Å². The molecule has 18 heavy (non-hydrogen) atoms. The lowest BCUT2D eigenvalue weighted by atomic mass is 10.0. The average molecular weight is 247 g/mol. The number of hydrogen-bond donors (Lipinski definition) is 2. The smallest absolute Gasteiger partial charge is 0.224 e. The minimum atomic E-state index is 0.111. The maximum absolute atomic E-state index is 11.3. The van der Waals surface area contributed by atoms with Gasteiger partial charge in [-0.2, -0.15) is 0 Å². The predicted octanol–water partition coefficient (Wildman–Crippen LogP) is 1.60. The summed E-state index contributed by atoms with van der Waals surface area (Å²) in [4.78, 5) is 13.5. The van der Waals surface area contributed by atoms with Gasteiger partial charge in [-0.25, -0.2) is 0 Å². The number of rotatable bonds is 4. The molecule has 4 nitrogen and oxygen atoms in total. The first-order valence-corrected chi connectivity index (χ1v) is 6.44. The lowest BCUT2D eigenvalue weighted by molar-refractivity contribution is -0.116. The normalized spacial score (nSPS) is 15.8. The lowest BCUT2D eigenvalue weighted by Crippen LogP contribution is -2.28. The van der Waals surface area contributed by atoms with Crippen LogP contribution in [0.1, 0.15) is 18.9 Å². The third-order valence-electron chi connectivity index (χ3n) is 3.41. The van der Waals surface area contributed by atoms with Gasteiger partial charge in [0.2, 0.25) is 5.91 Å². The number of nitrogens with zero attached hydrogens (tertiary/aromatic N) is 1. The van der Waals surface area contributed by atoms with Gasteiger partial charge >= 0.3 is 0 Å². The molecule has 1 aromatic rings. The van der Waals surface area contributed by atoms with Gasteiger partial charge in [0, 0.05) is 31.4 Å². The van der Waals surface area contributed by atoms with Crippen LogP contribution in [0.4, 0.5) is 11.4 Å². The highest BCUT2D eigenvalue weighted by Gasteiger charge is 2.15. The predicted molar refractivity (Wildman–Crippen MR) is 74.9 cm³/mol. The van der Waals surface area contributed by atoms with Crippen LogP contribution in [-0.2, 0) is 11.2 Å². The molecule has 4 heteroatoms. The summed E-state index contributed by atoms with van der Waals surface area (Å²) in [6, 6.07) is 6.21. The zero-order valence-corrected chi connectivity index (χ0v) is 11.1. The highest BCUT2D eigenvalue weighted by Crippen LogP contribution is 2.27. The van der Waals surface area contributed by atoms with E-state index in [1.807, 2.05) is 12.1 Å². The Morgan fingerprint density at radius 1 is 1.44 bits per heavy atom. The second kappa shape index (κ2) is 5.40. The van der Waals surface area contributed by atoms with E-state index in [-0.39, 0.29) is 5.91 Å². The Morgan fingerprint density at radius 3 is 2.94 bits per heavy atom. The van der Waals surface area contributed by atoms with Crippen LogP contribution in [0.5, 0.6) is 0 Å². The second-order valence-corrected chi connectivity index (χ2v) is 5.11. The van der Waals surface area contributed by atoms with E-state index in [2.05, 4.69) is 30.3 Å². The van der Waals surface area contributed by atoms with Crippen LogP contribution in [0.25, 0.3) is 0 Å². The number of nitrogens with one attached hydrogen (secondary N) is 1. The number of carbonyl (C=O) groups excluding carboxylic acids is 1. The molecule has 1 aliphatic rings. The third-order valence-corrected chi connectivity index (χ3v) is 3.41. The minimum Gasteiger partial charge on any atom is -0.374 e. The van der Waals surface area contributed by atoms with Crippen LogP contribution in [0.15, 0.2) is 18.2 Å². The van der Waals surface area contributed by atoms with E-state index in [1.54, 1.807) is 0 Å². The molecule has 0 saturated heterocycles. The first kappa shape index (κ1) is 12.9. The van der Waals surface area contributed by atoms with Gasteiger partial charge in [0.05, 0.1) is 0 Å². The summed E-state index contributed by atoms with van der Waals surface area (Å²) >= 11 is 0. The third kappa shape index (κ3) is 2.82. The fourth-order valence-electron chi connectivity index (χ4n) is 2.25. The van der Waals surface area contributed by atoms with Gasteiger partial charge in [0.25, 0.3) is 0 Å². The second-order valence-electron chi connectivity index (χ2n) is 5.11. The van der Waals surface area contributed by atoms with E-state index < -0.39 is 0 Å². The summed E-state index contributed by atoms with van der Waals surface area (Å²) in [7, 11) is 2.08. The summed E-state index contributed by atoms with van der Waals surface area (Å²) in [5.74, 6) is 0.589. The molecule has 1 amide bonds. The van der Waals surface area contributed by atoms with E-state index in [0.29, 0.717) is 18.9 Å². The molecule has 1 unspecified atom stereocenters. The van der Waals surface area contributed by atoms with Crippen molar-refractivity contribution < 1.29 is 4.79 Å². The molecule has 1 heterocycles. The summed E-state index contributed by atoms with van der Waals surface area (Å²) < 4.78 is 0. The first-order valence-electron chi connectivity index (χ1n) is 6.44. The van der Waals surface area contributed by atoms with Crippen molar-refractivity contribution in [3.8, 4) is 0 Å².